The largest absolute Gasteiger partial charge is 0.319 e. The molecule has 0 saturated carbocycles. The molecule has 0 unspecified atom stereocenters. The number of hydrogen-bond acceptors (Lipinski definition) is 5. The number of aromatic amines is 1. The van der Waals surface area contributed by atoms with E-state index in [1.54, 1.807) is 0 Å². The zero-order valence-electron chi connectivity index (χ0n) is 8.75. The van der Waals surface area contributed by atoms with Crippen molar-refractivity contribution in [1.82, 2.24) is 15.2 Å². The zero-order chi connectivity index (χ0) is 13.1. The number of nitrogens with zero attached hydrogens (tertiary/aromatic N) is 3. The summed E-state index contributed by atoms with van der Waals surface area (Å²) in [5.74, 6) is -0.350. The molecule has 2 rings (SSSR count). The van der Waals surface area contributed by atoms with Crippen LogP contribution < -0.4 is 5.32 Å². The van der Waals surface area contributed by atoms with E-state index in [4.69, 9.17) is 11.6 Å². The lowest BCUT2D eigenvalue weighted by atomic mass is 10.2. The van der Waals surface area contributed by atoms with E-state index in [-0.39, 0.29) is 10.7 Å². The normalized spacial score (nSPS) is 10.1. The SMILES string of the molecule is O=C(Nc1ccn[nH]1)c1ccnc(Cl)c1[N+](=O)[O-]. The molecule has 92 valence electrons. The molecule has 2 N–H and O–H groups in total. The maximum atomic E-state index is 11.8. The minimum atomic E-state index is -0.753. The summed E-state index contributed by atoms with van der Waals surface area (Å²) in [4.78, 5) is 25.5. The molecular weight excluding hydrogens is 262 g/mol. The Morgan fingerprint density at radius 2 is 2.22 bits per heavy atom. The predicted octanol–water partition coefficient (Wildman–Crippen LogP) is 1.62. The summed E-state index contributed by atoms with van der Waals surface area (Å²) in [5.41, 5.74) is -0.703. The summed E-state index contributed by atoms with van der Waals surface area (Å²) in [5, 5.41) is 19.0. The van der Waals surface area contributed by atoms with Crippen LogP contribution in [0.15, 0.2) is 24.5 Å². The van der Waals surface area contributed by atoms with E-state index in [1.807, 2.05) is 0 Å². The molecule has 0 aliphatic rings. The number of aromatic nitrogens is 3. The maximum absolute atomic E-state index is 11.8. The van der Waals surface area contributed by atoms with Crippen LogP contribution in [-0.4, -0.2) is 26.0 Å². The minimum Gasteiger partial charge on any atom is -0.307 e. The van der Waals surface area contributed by atoms with Gasteiger partial charge in [-0.15, -0.1) is 0 Å². The van der Waals surface area contributed by atoms with E-state index in [0.29, 0.717) is 5.82 Å². The fraction of sp³-hybridized carbons (Fsp3) is 0. The predicted molar refractivity (Wildman–Crippen MR) is 62.4 cm³/mol. The van der Waals surface area contributed by atoms with Gasteiger partial charge in [0.15, 0.2) is 0 Å². The van der Waals surface area contributed by atoms with Crippen LogP contribution in [0.4, 0.5) is 11.5 Å². The van der Waals surface area contributed by atoms with Gasteiger partial charge in [0.2, 0.25) is 5.15 Å². The van der Waals surface area contributed by atoms with E-state index in [0.717, 1.165) is 0 Å². The molecule has 2 aromatic rings. The van der Waals surface area contributed by atoms with Crippen LogP contribution in [0, 0.1) is 10.1 Å². The third-order valence-electron chi connectivity index (χ3n) is 2.06. The van der Waals surface area contributed by atoms with Crippen molar-refractivity contribution < 1.29 is 9.72 Å². The Morgan fingerprint density at radius 3 is 2.83 bits per heavy atom. The van der Waals surface area contributed by atoms with Crippen LogP contribution in [0.2, 0.25) is 5.15 Å². The third kappa shape index (κ3) is 2.28. The number of rotatable bonds is 3. The van der Waals surface area contributed by atoms with Gasteiger partial charge in [0.25, 0.3) is 5.91 Å². The van der Waals surface area contributed by atoms with Crippen molar-refractivity contribution >= 4 is 29.0 Å². The van der Waals surface area contributed by atoms with Gasteiger partial charge in [-0.25, -0.2) is 4.98 Å². The fourth-order valence-corrected chi connectivity index (χ4v) is 1.53. The van der Waals surface area contributed by atoms with Crippen molar-refractivity contribution in [3.05, 3.63) is 45.4 Å². The Hall–Kier alpha value is -2.48. The number of amides is 1. The monoisotopic (exact) mass is 267 g/mol. The van der Waals surface area contributed by atoms with Crippen LogP contribution in [0.25, 0.3) is 0 Å². The van der Waals surface area contributed by atoms with Crippen LogP contribution >= 0.6 is 11.6 Å². The lowest BCUT2D eigenvalue weighted by Crippen LogP contribution is -2.14. The van der Waals surface area contributed by atoms with Gasteiger partial charge in [-0.3, -0.25) is 20.0 Å². The number of nitro groups is 1. The average molecular weight is 268 g/mol. The Labute approximate surface area is 105 Å². The molecule has 9 heteroatoms. The summed E-state index contributed by atoms with van der Waals surface area (Å²) in [6, 6.07) is 2.72. The van der Waals surface area contributed by atoms with E-state index >= 15 is 0 Å². The standard InChI is InChI=1S/C9H6ClN5O3/c10-8-7(15(17)18)5(1-3-11-8)9(16)13-6-2-4-12-14-6/h1-4H,(H2,12,13,14,16). The second-order valence-electron chi connectivity index (χ2n) is 3.18. The Kier molecular flexibility index (Phi) is 3.20. The highest BCUT2D eigenvalue weighted by Crippen LogP contribution is 2.26. The molecule has 8 nitrogen and oxygen atoms in total. The van der Waals surface area contributed by atoms with Gasteiger partial charge in [0.1, 0.15) is 11.4 Å². The van der Waals surface area contributed by atoms with Gasteiger partial charge in [-0.1, -0.05) is 11.6 Å². The van der Waals surface area contributed by atoms with Gasteiger partial charge in [-0.05, 0) is 6.07 Å². The van der Waals surface area contributed by atoms with Crippen LogP contribution in [0.3, 0.4) is 0 Å². The van der Waals surface area contributed by atoms with Crippen LogP contribution in [-0.2, 0) is 0 Å². The zero-order valence-corrected chi connectivity index (χ0v) is 9.51. The number of anilines is 1. The quantitative estimate of drug-likeness (QED) is 0.498. The second-order valence-corrected chi connectivity index (χ2v) is 3.54. The van der Waals surface area contributed by atoms with E-state index < -0.39 is 16.5 Å². The van der Waals surface area contributed by atoms with Crippen molar-refractivity contribution in [3.8, 4) is 0 Å². The van der Waals surface area contributed by atoms with Crippen molar-refractivity contribution in [2.45, 2.75) is 0 Å². The molecule has 2 aromatic heterocycles. The number of nitrogens with one attached hydrogen (secondary N) is 2. The first-order valence-electron chi connectivity index (χ1n) is 4.69. The lowest BCUT2D eigenvalue weighted by molar-refractivity contribution is -0.385. The molecule has 0 atom stereocenters. The highest BCUT2D eigenvalue weighted by molar-refractivity contribution is 6.32. The van der Waals surface area contributed by atoms with Gasteiger partial charge in [0, 0.05) is 12.3 Å². The lowest BCUT2D eigenvalue weighted by Gasteiger charge is -2.03. The van der Waals surface area contributed by atoms with Crippen molar-refractivity contribution in [3.63, 3.8) is 0 Å². The first-order chi connectivity index (χ1) is 8.59. The first kappa shape index (κ1) is 12.0. The highest BCUT2D eigenvalue weighted by atomic mass is 35.5. The molecule has 18 heavy (non-hydrogen) atoms. The maximum Gasteiger partial charge on any atom is 0.319 e. The molecule has 0 radical (unpaired) electrons. The number of halogens is 1. The minimum absolute atomic E-state index is 0.172. The molecule has 0 spiro atoms. The molecule has 0 aliphatic heterocycles. The fourth-order valence-electron chi connectivity index (χ4n) is 1.30. The molecule has 0 bridgehead atoms. The topological polar surface area (TPSA) is 114 Å². The summed E-state index contributed by atoms with van der Waals surface area (Å²) in [6.45, 7) is 0. The van der Waals surface area contributed by atoms with Crippen molar-refractivity contribution in [2.24, 2.45) is 0 Å². The summed E-state index contributed by atoms with van der Waals surface area (Å²) in [7, 11) is 0. The molecule has 0 aromatic carbocycles. The Balaban J connectivity index is 2.36. The van der Waals surface area contributed by atoms with E-state index in [2.05, 4.69) is 20.5 Å². The smallest absolute Gasteiger partial charge is 0.307 e. The summed E-state index contributed by atoms with van der Waals surface area (Å²) >= 11 is 5.60. The molecule has 1 amide bonds. The van der Waals surface area contributed by atoms with Gasteiger partial charge in [0.05, 0.1) is 11.1 Å². The van der Waals surface area contributed by atoms with Crippen LogP contribution in [0.1, 0.15) is 10.4 Å². The Morgan fingerprint density at radius 1 is 1.44 bits per heavy atom. The van der Waals surface area contributed by atoms with Gasteiger partial charge < -0.3 is 5.32 Å². The summed E-state index contributed by atoms with van der Waals surface area (Å²) < 4.78 is 0. The average Bonchev–Trinajstić information content (AvgIpc) is 2.80. The Bertz CT molecular complexity index is 598. The second kappa shape index (κ2) is 4.80. The molecule has 2 heterocycles. The van der Waals surface area contributed by atoms with Crippen molar-refractivity contribution in [2.75, 3.05) is 5.32 Å². The number of carbonyl (C=O) groups is 1. The number of hydrogen-bond donors (Lipinski definition) is 2. The van der Waals surface area contributed by atoms with Crippen LogP contribution in [0.5, 0.6) is 0 Å². The first-order valence-corrected chi connectivity index (χ1v) is 5.07. The van der Waals surface area contributed by atoms with Crippen molar-refractivity contribution in [1.29, 1.82) is 0 Å². The van der Waals surface area contributed by atoms with E-state index in [9.17, 15) is 14.9 Å². The molecule has 0 saturated heterocycles. The molecule has 0 aliphatic carbocycles. The van der Waals surface area contributed by atoms with Gasteiger partial charge >= 0.3 is 5.69 Å². The molecule has 0 fully saturated rings. The van der Waals surface area contributed by atoms with Gasteiger partial charge in [-0.2, -0.15) is 5.10 Å². The van der Waals surface area contributed by atoms with E-state index in [1.165, 1.54) is 24.5 Å². The number of pyridine rings is 1. The number of H-pyrrole nitrogens is 1. The molecular formula is C9H6ClN5O3. The summed E-state index contributed by atoms with van der Waals surface area (Å²) in [6.07, 6.45) is 2.65. The highest BCUT2D eigenvalue weighted by Gasteiger charge is 2.24. The third-order valence-corrected chi connectivity index (χ3v) is 2.33. The number of carbonyl (C=O) groups excluding carboxylic acids is 1.